The second-order valence-electron chi connectivity index (χ2n) is 4.42. The van der Waals surface area contributed by atoms with Crippen molar-refractivity contribution in [2.45, 2.75) is 30.4 Å². The number of thiol groups is 1. The van der Waals surface area contributed by atoms with Crippen LogP contribution in [-0.2, 0) is 15.3 Å². The zero-order valence-electron chi connectivity index (χ0n) is 10.7. The highest BCUT2D eigenvalue weighted by molar-refractivity contribution is 8.00. The molecule has 3 N–H and O–H groups in total. The molecular weight excluding hydrogens is 286 g/mol. The summed E-state index contributed by atoms with van der Waals surface area (Å²) in [6.45, 7) is 3.50. The highest BCUT2D eigenvalue weighted by Crippen LogP contribution is 2.27. The Bertz CT molecular complexity index is 434. The molecule has 6 nitrogen and oxygen atoms in total. The molecule has 0 bridgehead atoms. The molecule has 0 aliphatic carbocycles. The maximum atomic E-state index is 12.0. The molecule has 106 valence electrons. The van der Waals surface area contributed by atoms with E-state index < -0.39 is 16.8 Å². The Kier molecular flexibility index (Phi) is 5.74. The summed E-state index contributed by atoms with van der Waals surface area (Å²) in [7, 11) is 0. The van der Waals surface area contributed by atoms with E-state index in [-0.39, 0.29) is 11.7 Å². The van der Waals surface area contributed by atoms with Gasteiger partial charge >= 0.3 is 5.97 Å². The van der Waals surface area contributed by atoms with Crippen molar-refractivity contribution in [3.8, 4) is 0 Å². The van der Waals surface area contributed by atoms with Crippen LogP contribution in [0, 0.1) is 0 Å². The van der Waals surface area contributed by atoms with E-state index in [0.29, 0.717) is 5.75 Å². The number of hydrogen-bond acceptors (Lipinski definition) is 5. The summed E-state index contributed by atoms with van der Waals surface area (Å²) in [4.78, 5) is 29.7. The number of thioether (sulfide) groups is 1. The number of amides is 1. The van der Waals surface area contributed by atoms with Gasteiger partial charge in [0.05, 0.1) is 11.1 Å². The van der Waals surface area contributed by atoms with Crippen LogP contribution >= 0.6 is 24.4 Å². The minimum absolute atomic E-state index is 0.0579. The van der Waals surface area contributed by atoms with Gasteiger partial charge in [0.1, 0.15) is 6.04 Å². The van der Waals surface area contributed by atoms with Gasteiger partial charge in [-0.15, -0.1) is 11.8 Å². The number of hydrogen-bond donors (Lipinski definition) is 4. The smallest absolute Gasteiger partial charge is 0.327 e. The number of aliphatic carboxylic acids is 1. The zero-order valence-corrected chi connectivity index (χ0v) is 12.4. The van der Waals surface area contributed by atoms with Gasteiger partial charge in [0.25, 0.3) is 0 Å². The van der Waals surface area contributed by atoms with Gasteiger partial charge in [-0.1, -0.05) is 0 Å². The number of rotatable bonds is 7. The van der Waals surface area contributed by atoms with Gasteiger partial charge in [-0.2, -0.15) is 12.6 Å². The third-order valence-electron chi connectivity index (χ3n) is 2.48. The van der Waals surface area contributed by atoms with Crippen molar-refractivity contribution in [1.82, 2.24) is 15.3 Å². The number of aromatic nitrogens is 2. The molecule has 1 aromatic rings. The normalized spacial score (nSPS) is 13.0. The number of carbonyl (C=O) groups excluding carboxylic acids is 1. The lowest BCUT2D eigenvalue weighted by Gasteiger charge is -2.24. The first kappa shape index (κ1) is 15.9. The van der Waals surface area contributed by atoms with E-state index in [1.807, 2.05) is 0 Å². The number of aromatic amines is 1. The monoisotopic (exact) mass is 303 g/mol. The summed E-state index contributed by atoms with van der Waals surface area (Å²) in [6.07, 6.45) is 3.26. The molecule has 1 rings (SSSR count). The molecule has 0 aromatic carbocycles. The SMILES string of the molecule is CC(C)(SCc1cnc[nH]1)C(=O)N[C@@H](CS)C(=O)O. The van der Waals surface area contributed by atoms with Crippen LogP contribution in [0.5, 0.6) is 0 Å². The molecule has 0 saturated heterocycles. The van der Waals surface area contributed by atoms with E-state index in [1.54, 1.807) is 26.4 Å². The van der Waals surface area contributed by atoms with E-state index in [9.17, 15) is 9.59 Å². The summed E-state index contributed by atoms with van der Waals surface area (Å²) in [5.41, 5.74) is 0.912. The molecule has 0 saturated carbocycles. The third-order valence-corrected chi connectivity index (χ3v) is 4.20. The molecule has 0 radical (unpaired) electrons. The Morgan fingerprint density at radius 1 is 1.63 bits per heavy atom. The first-order valence-corrected chi connectivity index (χ1v) is 7.24. The molecule has 8 heteroatoms. The number of carboxylic acid groups (broad SMARTS) is 1. The number of carboxylic acids is 1. The van der Waals surface area contributed by atoms with Gasteiger partial charge in [-0.25, -0.2) is 9.78 Å². The van der Waals surface area contributed by atoms with Crippen LogP contribution in [0.15, 0.2) is 12.5 Å². The van der Waals surface area contributed by atoms with Crippen molar-refractivity contribution in [2.24, 2.45) is 0 Å². The first-order valence-electron chi connectivity index (χ1n) is 5.62. The molecule has 0 fully saturated rings. The second kappa shape index (κ2) is 6.85. The average Bonchev–Trinajstić information content (AvgIpc) is 2.85. The highest BCUT2D eigenvalue weighted by Gasteiger charge is 2.31. The summed E-state index contributed by atoms with van der Waals surface area (Å²) in [6, 6.07) is -0.970. The predicted molar refractivity (Wildman–Crippen MR) is 77.4 cm³/mol. The molecule has 0 unspecified atom stereocenters. The van der Waals surface area contributed by atoms with Crippen LogP contribution in [0.3, 0.4) is 0 Å². The molecule has 0 aliphatic heterocycles. The number of imidazole rings is 1. The van der Waals surface area contributed by atoms with E-state index in [4.69, 9.17) is 5.11 Å². The fourth-order valence-electron chi connectivity index (χ4n) is 1.20. The minimum Gasteiger partial charge on any atom is -0.480 e. The Morgan fingerprint density at radius 2 is 2.32 bits per heavy atom. The lowest BCUT2D eigenvalue weighted by Crippen LogP contribution is -2.49. The summed E-state index contributed by atoms with van der Waals surface area (Å²) < 4.78 is -0.734. The van der Waals surface area contributed by atoms with Crippen LogP contribution < -0.4 is 5.32 Å². The quantitative estimate of drug-likeness (QED) is 0.562. The number of nitrogens with one attached hydrogen (secondary N) is 2. The molecule has 0 aliphatic rings. The second-order valence-corrected chi connectivity index (χ2v) is 6.39. The van der Waals surface area contributed by atoms with E-state index in [0.717, 1.165) is 5.69 Å². The van der Waals surface area contributed by atoms with Crippen molar-refractivity contribution in [2.75, 3.05) is 5.75 Å². The topological polar surface area (TPSA) is 95.1 Å². The lowest BCUT2D eigenvalue weighted by molar-refractivity contribution is -0.141. The van der Waals surface area contributed by atoms with Crippen molar-refractivity contribution in [3.05, 3.63) is 18.2 Å². The van der Waals surface area contributed by atoms with E-state index >= 15 is 0 Å². The van der Waals surface area contributed by atoms with Crippen LogP contribution in [0.2, 0.25) is 0 Å². The summed E-state index contributed by atoms with van der Waals surface area (Å²) >= 11 is 5.32. The van der Waals surface area contributed by atoms with Crippen LogP contribution in [-0.4, -0.2) is 43.5 Å². The molecule has 1 amide bonds. The van der Waals surface area contributed by atoms with Crippen molar-refractivity contribution in [1.29, 1.82) is 0 Å². The Hall–Kier alpha value is -1.15. The zero-order chi connectivity index (χ0) is 14.5. The number of carbonyl (C=O) groups is 2. The maximum absolute atomic E-state index is 12.0. The largest absolute Gasteiger partial charge is 0.480 e. The van der Waals surface area contributed by atoms with Crippen molar-refractivity contribution < 1.29 is 14.7 Å². The van der Waals surface area contributed by atoms with Crippen molar-refractivity contribution in [3.63, 3.8) is 0 Å². The molecule has 1 aromatic heterocycles. The van der Waals surface area contributed by atoms with E-state index in [2.05, 4.69) is 27.9 Å². The van der Waals surface area contributed by atoms with Gasteiger partial charge in [0, 0.05) is 23.4 Å². The van der Waals surface area contributed by atoms with Gasteiger partial charge in [-0.05, 0) is 13.8 Å². The third kappa shape index (κ3) is 4.79. The van der Waals surface area contributed by atoms with Gasteiger partial charge < -0.3 is 15.4 Å². The molecule has 1 atom stereocenters. The standard InChI is InChI=1S/C11H17N3O3S2/c1-11(2,19-5-7-3-12-6-13-7)10(17)14-8(4-18)9(15)16/h3,6,8,18H,4-5H2,1-2H3,(H,12,13)(H,14,17)(H,15,16)/t8-/m0/s1. The first-order chi connectivity index (χ1) is 8.86. The Balaban J connectivity index is 2.55. The summed E-state index contributed by atoms with van der Waals surface area (Å²) in [5.74, 6) is -0.752. The van der Waals surface area contributed by atoms with Crippen LogP contribution in [0.25, 0.3) is 0 Å². The van der Waals surface area contributed by atoms with Crippen LogP contribution in [0.1, 0.15) is 19.5 Å². The predicted octanol–water partition coefficient (Wildman–Crippen LogP) is 0.921. The van der Waals surface area contributed by atoms with Gasteiger partial charge in [0.15, 0.2) is 0 Å². The molecule has 19 heavy (non-hydrogen) atoms. The van der Waals surface area contributed by atoms with Gasteiger partial charge in [-0.3, -0.25) is 4.79 Å². The summed E-state index contributed by atoms with van der Waals surface area (Å²) in [5, 5.41) is 11.4. The minimum atomic E-state index is -1.09. The maximum Gasteiger partial charge on any atom is 0.327 e. The lowest BCUT2D eigenvalue weighted by atomic mass is 10.2. The molecular formula is C11H17N3O3S2. The highest BCUT2D eigenvalue weighted by atomic mass is 32.2. The Labute approximate surface area is 121 Å². The fourth-order valence-corrected chi connectivity index (χ4v) is 2.32. The Morgan fingerprint density at radius 3 is 2.79 bits per heavy atom. The van der Waals surface area contributed by atoms with E-state index in [1.165, 1.54) is 11.8 Å². The number of nitrogens with zero attached hydrogens (tertiary/aromatic N) is 1. The van der Waals surface area contributed by atoms with Gasteiger partial charge in [0.2, 0.25) is 5.91 Å². The number of H-pyrrole nitrogens is 1. The van der Waals surface area contributed by atoms with Crippen molar-refractivity contribution >= 4 is 36.3 Å². The average molecular weight is 303 g/mol. The fraction of sp³-hybridized carbons (Fsp3) is 0.545. The molecule has 0 spiro atoms. The molecule has 1 heterocycles. The van der Waals surface area contributed by atoms with Crippen LogP contribution in [0.4, 0.5) is 0 Å².